The molecule has 2 fully saturated rings. The minimum Gasteiger partial charge on any atom is -0.381 e. The van der Waals surface area contributed by atoms with Gasteiger partial charge in [-0.3, -0.25) is 9.63 Å². The maximum Gasteiger partial charge on any atom is 0.247 e. The lowest BCUT2D eigenvalue weighted by molar-refractivity contribution is -0.134. The third-order valence-corrected chi connectivity index (χ3v) is 3.20. The van der Waals surface area contributed by atoms with Gasteiger partial charge in [0.2, 0.25) is 5.91 Å². The molecule has 2 rings (SSSR count). The first-order chi connectivity index (χ1) is 6.28. The largest absolute Gasteiger partial charge is 0.381 e. The molecular formula is C9H15NO3. The van der Waals surface area contributed by atoms with Gasteiger partial charge >= 0.3 is 0 Å². The molecule has 1 N–H and O–H groups in total. The molecule has 1 saturated carbocycles. The number of carbonyl (C=O) groups is 1. The van der Waals surface area contributed by atoms with E-state index in [0.717, 1.165) is 32.5 Å². The van der Waals surface area contributed by atoms with E-state index in [1.807, 2.05) is 0 Å². The predicted octanol–water partition coefficient (Wildman–Crippen LogP) is 0.481. The smallest absolute Gasteiger partial charge is 0.247 e. The van der Waals surface area contributed by atoms with Crippen molar-refractivity contribution < 1.29 is 14.4 Å². The Bertz CT molecular complexity index is 211. The molecule has 1 aliphatic carbocycles. The van der Waals surface area contributed by atoms with Crippen molar-refractivity contribution >= 4 is 5.91 Å². The molecule has 1 spiro atoms. The van der Waals surface area contributed by atoms with Crippen LogP contribution in [0.2, 0.25) is 0 Å². The zero-order chi connectivity index (χ0) is 9.31. The fourth-order valence-electron chi connectivity index (χ4n) is 2.22. The molecule has 1 unspecified atom stereocenters. The van der Waals surface area contributed by atoms with Crippen molar-refractivity contribution in [3.8, 4) is 0 Å². The van der Waals surface area contributed by atoms with E-state index in [0.29, 0.717) is 0 Å². The van der Waals surface area contributed by atoms with Crippen molar-refractivity contribution in [3.05, 3.63) is 0 Å². The molecule has 0 radical (unpaired) electrons. The highest BCUT2D eigenvalue weighted by Gasteiger charge is 2.58. The predicted molar refractivity (Wildman–Crippen MR) is 45.7 cm³/mol. The Morgan fingerprint density at radius 1 is 1.54 bits per heavy atom. The molecule has 4 heteroatoms. The number of ether oxygens (including phenoxy) is 1. The van der Waals surface area contributed by atoms with Crippen LogP contribution in [-0.4, -0.2) is 26.2 Å². The molecule has 1 atom stereocenters. The molecule has 0 bridgehead atoms. The normalized spacial score (nSPS) is 30.1. The van der Waals surface area contributed by atoms with Gasteiger partial charge in [-0.1, -0.05) is 0 Å². The van der Waals surface area contributed by atoms with Gasteiger partial charge in [-0.05, 0) is 24.7 Å². The van der Waals surface area contributed by atoms with Gasteiger partial charge < -0.3 is 4.74 Å². The summed E-state index contributed by atoms with van der Waals surface area (Å²) in [5, 5.41) is 0. The van der Waals surface area contributed by atoms with Crippen LogP contribution in [-0.2, 0) is 14.4 Å². The van der Waals surface area contributed by atoms with Crippen LogP contribution in [0.15, 0.2) is 0 Å². The monoisotopic (exact) mass is 185 g/mol. The van der Waals surface area contributed by atoms with Crippen LogP contribution in [0.1, 0.15) is 19.3 Å². The number of amides is 1. The van der Waals surface area contributed by atoms with Crippen LogP contribution in [0, 0.1) is 11.3 Å². The SMILES string of the molecule is CONC(=O)C1CC12CCOCC2. The molecule has 74 valence electrons. The van der Waals surface area contributed by atoms with Crippen LogP contribution in [0.5, 0.6) is 0 Å². The Labute approximate surface area is 77.5 Å². The highest BCUT2D eigenvalue weighted by molar-refractivity contribution is 5.81. The van der Waals surface area contributed by atoms with E-state index < -0.39 is 0 Å². The summed E-state index contributed by atoms with van der Waals surface area (Å²) in [5.74, 6) is 0.195. The van der Waals surface area contributed by atoms with Gasteiger partial charge in [-0.15, -0.1) is 0 Å². The molecular weight excluding hydrogens is 170 g/mol. The molecule has 1 aliphatic heterocycles. The Balaban J connectivity index is 1.88. The Kier molecular flexibility index (Phi) is 2.26. The van der Waals surface area contributed by atoms with Crippen LogP contribution < -0.4 is 5.48 Å². The van der Waals surface area contributed by atoms with E-state index >= 15 is 0 Å². The second-order valence-electron chi connectivity index (χ2n) is 3.90. The van der Waals surface area contributed by atoms with Crippen molar-refractivity contribution in [1.82, 2.24) is 5.48 Å². The maximum absolute atomic E-state index is 11.4. The summed E-state index contributed by atoms with van der Waals surface area (Å²) >= 11 is 0. The Morgan fingerprint density at radius 2 is 2.23 bits per heavy atom. The highest BCUT2D eigenvalue weighted by atomic mass is 16.6. The summed E-state index contributed by atoms with van der Waals surface area (Å²) in [6.45, 7) is 1.60. The van der Waals surface area contributed by atoms with Gasteiger partial charge in [-0.25, -0.2) is 5.48 Å². The second-order valence-corrected chi connectivity index (χ2v) is 3.90. The van der Waals surface area contributed by atoms with Crippen molar-refractivity contribution in [2.45, 2.75) is 19.3 Å². The maximum atomic E-state index is 11.4. The average Bonchev–Trinajstić information content (AvgIpc) is 2.81. The number of nitrogens with one attached hydrogen (secondary N) is 1. The van der Waals surface area contributed by atoms with Crippen molar-refractivity contribution in [2.75, 3.05) is 20.3 Å². The number of hydroxylamine groups is 1. The van der Waals surface area contributed by atoms with Crippen LogP contribution in [0.25, 0.3) is 0 Å². The van der Waals surface area contributed by atoms with E-state index in [9.17, 15) is 4.79 Å². The first kappa shape index (κ1) is 8.97. The van der Waals surface area contributed by atoms with Crippen LogP contribution in [0.3, 0.4) is 0 Å². The Morgan fingerprint density at radius 3 is 2.85 bits per heavy atom. The number of hydrogen-bond donors (Lipinski definition) is 1. The zero-order valence-electron chi connectivity index (χ0n) is 7.84. The summed E-state index contributed by atoms with van der Waals surface area (Å²) < 4.78 is 5.27. The van der Waals surface area contributed by atoms with Crippen LogP contribution >= 0.6 is 0 Å². The van der Waals surface area contributed by atoms with E-state index in [1.165, 1.54) is 7.11 Å². The molecule has 13 heavy (non-hydrogen) atoms. The van der Waals surface area contributed by atoms with Crippen molar-refractivity contribution in [3.63, 3.8) is 0 Å². The summed E-state index contributed by atoms with van der Waals surface area (Å²) in [6, 6.07) is 0. The van der Waals surface area contributed by atoms with Gasteiger partial charge in [0, 0.05) is 19.1 Å². The van der Waals surface area contributed by atoms with Crippen molar-refractivity contribution in [1.29, 1.82) is 0 Å². The van der Waals surface area contributed by atoms with Gasteiger partial charge in [0.05, 0.1) is 7.11 Å². The molecule has 1 heterocycles. The minimum atomic E-state index is 0.0319. The lowest BCUT2D eigenvalue weighted by Gasteiger charge is -2.22. The number of hydrogen-bond acceptors (Lipinski definition) is 3. The summed E-state index contributed by atoms with van der Waals surface area (Å²) in [7, 11) is 1.47. The molecule has 0 aromatic rings. The van der Waals surface area contributed by atoms with Gasteiger partial charge in [0.15, 0.2) is 0 Å². The summed E-state index contributed by atoms with van der Waals surface area (Å²) in [6.07, 6.45) is 3.05. The van der Waals surface area contributed by atoms with E-state index in [2.05, 4.69) is 10.3 Å². The second kappa shape index (κ2) is 3.27. The number of rotatable bonds is 2. The van der Waals surface area contributed by atoms with Crippen LogP contribution in [0.4, 0.5) is 0 Å². The fourth-order valence-corrected chi connectivity index (χ4v) is 2.22. The third-order valence-electron chi connectivity index (χ3n) is 3.20. The first-order valence-electron chi connectivity index (χ1n) is 4.69. The van der Waals surface area contributed by atoms with E-state index in [1.54, 1.807) is 0 Å². The van der Waals surface area contributed by atoms with Gasteiger partial charge in [0.25, 0.3) is 0 Å². The molecule has 1 amide bonds. The highest BCUT2D eigenvalue weighted by Crippen LogP contribution is 2.59. The minimum absolute atomic E-state index is 0.0319. The topological polar surface area (TPSA) is 47.6 Å². The average molecular weight is 185 g/mol. The Hall–Kier alpha value is -0.610. The summed E-state index contributed by atoms with van der Waals surface area (Å²) in [4.78, 5) is 16.0. The lowest BCUT2D eigenvalue weighted by Crippen LogP contribution is -2.28. The van der Waals surface area contributed by atoms with Crippen molar-refractivity contribution in [2.24, 2.45) is 11.3 Å². The quantitative estimate of drug-likeness (QED) is 0.636. The molecule has 1 saturated heterocycles. The van der Waals surface area contributed by atoms with Gasteiger partial charge in [-0.2, -0.15) is 0 Å². The molecule has 0 aromatic heterocycles. The summed E-state index contributed by atoms with van der Waals surface area (Å²) in [5.41, 5.74) is 2.65. The fraction of sp³-hybridized carbons (Fsp3) is 0.889. The zero-order valence-corrected chi connectivity index (χ0v) is 7.84. The third kappa shape index (κ3) is 1.56. The van der Waals surface area contributed by atoms with Gasteiger partial charge in [0.1, 0.15) is 0 Å². The lowest BCUT2D eigenvalue weighted by atomic mass is 9.94. The molecule has 4 nitrogen and oxygen atoms in total. The molecule has 0 aromatic carbocycles. The number of carbonyl (C=O) groups excluding carboxylic acids is 1. The molecule has 2 aliphatic rings. The standard InChI is InChI=1S/C9H15NO3/c1-12-10-8(11)7-6-9(7)2-4-13-5-3-9/h7H,2-6H2,1H3,(H,10,11). The van der Waals surface area contributed by atoms with E-state index in [4.69, 9.17) is 4.74 Å². The first-order valence-corrected chi connectivity index (χ1v) is 4.69. The van der Waals surface area contributed by atoms with E-state index in [-0.39, 0.29) is 17.2 Å².